The zero-order valence-electron chi connectivity index (χ0n) is 15.0. The predicted molar refractivity (Wildman–Crippen MR) is 106 cm³/mol. The van der Waals surface area contributed by atoms with Crippen LogP contribution in [0.15, 0.2) is 35.3 Å². The highest BCUT2D eigenvalue weighted by Gasteiger charge is 2.22. The van der Waals surface area contributed by atoms with E-state index >= 15 is 0 Å². The smallest absolute Gasteiger partial charge is 0.191 e. The number of aliphatic hydroxyl groups excluding tert-OH is 1. The molecule has 2 unspecified atom stereocenters. The molecule has 136 valence electrons. The Morgan fingerprint density at radius 3 is 3.00 bits per heavy atom. The van der Waals surface area contributed by atoms with Crippen LogP contribution in [0.4, 0.5) is 0 Å². The fraction of sp³-hybridized carbons (Fsp3) is 0.526. The van der Waals surface area contributed by atoms with Gasteiger partial charge >= 0.3 is 0 Å². The monoisotopic (exact) mass is 360 g/mol. The van der Waals surface area contributed by atoms with Crippen LogP contribution in [-0.2, 0) is 0 Å². The van der Waals surface area contributed by atoms with Crippen molar-refractivity contribution in [2.45, 2.75) is 31.9 Å². The van der Waals surface area contributed by atoms with E-state index in [1.54, 1.807) is 18.4 Å². The minimum absolute atomic E-state index is 0.453. The second-order valence-electron chi connectivity index (χ2n) is 6.46. The van der Waals surface area contributed by atoms with Crippen molar-refractivity contribution < 1.29 is 5.11 Å². The average Bonchev–Trinajstić information content (AvgIpc) is 3.27. The van der Waals surface area contributed by atoms with E-state index in [0.717, 1.165) is 23.9 Å². The van der Waals surface area contributed by atoms with Gasteiger partial charge in [0, 0.05) is 35.8 Å². The Morgan fingerprint density at radius 1 is 1.40 bits per heavy atom. The number of fused-ring (bicyclic) bond motifs is 1. The Kier molecular flexibility index (Phi) is 6.29. The van der Waals surface area contributed by atoms with Gasteiger partial charge in [0.25, 0.3) is 0 Å². The van der Waals surface area contributed by atoms with Gasteiger partial charge in [0.05, 0.1) is 0 Å². The summed E-state index contributed by atoms with van der Waals surface area (Å²) in [4.78, 5) is 7.77. The number of thiophene rings is 1. The fourth-order valence-corrected chi connectivity index (χ4v) is 4.49. The van der Waals surface area contributed by atoms with Crippen molar-refractivity contribution in [1.82, 2.24) is 15.5 Å². The Balaban J connectivity index is 1.50. The summed E-state index contributed by atoms with van der Waals surface area (Å²) in [5.74, 6) is 0.753. The number of rotatable bonds is 6. The summed E-state index contributed by atoms with van der Waals surface area (Å²) in [6.45, 7) is 5.86. The third-order valence-electron chi connectivity index (χ3n) is 4.87. The van der Waals surface area contributed by atoms with Crippen molar-refractivity contribution in [2.75, 3.05) is 33.2 Å². The van der Waals surface area contributed by atoms with Gasteiger partial charge in [-0.15, -0.1) is 11.3 Å². The molecule has 1 aromatic heterocycles. The van der Waals surface area contributed by atoms with Crippen molar-refractivity contribution in [3.8, 4) is 0 Å². The number of likely N-dealkylation sites (N-methyl/N-ethyl adjacent to an activating group) is 1. The maximum atomic E-state index is 10.5. The third kappa shape index (κ3) is 4.51. The first-order valence-corrected chi connectivity index (χ1v) is 9.88. The van der Waals surface area contributed by atoms with Crippen LogP contribution in [0, 0.1) is 0 Å². The molecule has 1 aliphatic rings. The Morgan fingerprint density at radius 2 is 2.24 bits per heavy atom. The van der Waals surface area contributed by atoms with Crippen LogP contribution >= 0.6 is 11.3 Å². The van der Waals surface area contributed by atoms with Gasteiger partial charge in [0.15, 0.2) is 5.96 Å². The highest BCUT2D eigenvalue weighted by molar-refractivity contribution is 7.19. The standard InChI is InChI=1S/C19H28N4OS/c1-3-23-10-6-8-15(23)12-21-19(20-2)22-13-16(24)18-11-14-7-4-5-9-17(14)25-18/h4-5,7,9,11,15-16,24H,3,6,8,10,12-13H2,1-2H3,(H2,20,21,22). The zero-order chi connectivity index (χ0) is 17.6. The molecule has 25 heavy (non-hydrogen) atoms. The number of nitrogens with zero attached hydrogens (tertiary/aromatic N) is 2. The van der Waals surface area contributed by atoms with E-state index in [2.05, 4.69) is 45.6 Å². The summed E-state index contributed by atoms with van der Waals surface area (Å²) in [7, 11) is 1.77. The molecular weight excluding hydrogens is 332 g/mol. The van der Waals surface area contributed by atoms with Crippen molar-refractivity contribution in [3.05, 3.63) is 35.2 Å². The van der Waals surface area contributed by atoms with Crippen LogP contribution < -0.4 is 10.6 Å². The topological polar surface area (TPSA) is 59.9 Å². The zero-order valence-corrected chi connectivity index (χ0v) is 15.9. The number of hydrogen-bond donors (Lipinski definition) is 3. The lowest BCUT2D eigenvalue weighted by Gasteiger charge is -2.24. The van der Waals surface area contributed by atoms with Gasteiger partial charge in [-0.2, -0.15) is 0 Å². The van der Waals surface area contributed by atoms with Crippen LogP contribution in [0.2, 0.25) is 0 Å². The number of likely N-dealkylation sites (tertiary alicyclic amines) is 1. The molecule has 6 heteroatoms. The molecular formula is C19H28N4OS. The predicted octanol–water partition coefficient (Wildman–Crippen LogP) is 2.58. The summed E-state index contributed by atoms with van der Waals surface area (Å²) in [5.41, 5.74) is 0. The molecule has 0 aliphatic carbocycles. The van der Waals surface area contributed by atoms with Crippen molar-refractivity contribution in [2.24, 2.45) is 4.99 Å². The van der Waals surface area contributed by atoms with E-state index in [9.17, 15) is 5.11 Å². The van der Waals surface area contributed by atoms with E-state index < -0.39 is 6.10 Å². The van der Waals surface area contributed by atoms with Gasteiger partial charge in [-0.25, -0.2) is 0 Å². The van der Waals surface area contributed by atoms with Gasteiger partial charge in [-0.05, 0) is 43.5 Å². The first-order valence-electron chi connectivity index (χ1n) is 9.06. The van der Waals surface area contributed by atoms with Crippen LogP contribution in [0.1, 0.15) is 30.7 Å². The summed E-state index contributed by atoms with van der Waals surface area (Å²) in [6, 6.07) is 10.9. The summed E-state index contributed by atoms with van der Waals surface area (Å²) in [6.07, 6.45) is 1.98. The molecule has 0 spiro atoms. The van der Waals surface area contributed by atoms with Crippen molar-refractivity contribution in [3.63, 3.8) is 0 Å². The SMILES string of the molecule is CCN1CCCC1CNC(=NC)NCC(O)c1cc2ccccc2s1. The summed E-state index contributed by atoms with van der Waals surface area (Å²) >= 11 is 1.64. The molecule has 5 nitrogen and oxygen atoms in total. The van der Waals surface area contributed by atoms with E-state index in [4.69, 9.17) is 0 Å². The number of hydrogen-bond acceptors (Lipinski definition) is 4. The molecule has 0 bridgehead atoms. The molecule has 0 amide bonds. The number of benzene rings is 1. The normalized spacial score (nSPS) is 20.1. The molecule has 2 heterocycles. The van der Waals surface area contributed by atoms with E-state index in [0.29, 0.717) is 12.6 Å². The second kappa shape index (κ2) is 8.65. The molecule has 1 fully saturated rings. The Labute approximate surface area is 153 Å². The summed E-state index contributed by atoms with van der Waals surface area (Å²) in [5, 5.41) is 18.3. The average molecular weight is 361 g/mol. The molecule has 2 atom stereocenters. The van der Waals surface area contributed by atoms with Gasteiger partial charge < -0.3 is 15.7 Å². The van der Waals surface area contributed by atoms with Crippen molar-refractivity contribution >= 4 is 27.4 Å². The van der Waals surface area contributed by atoms with Crippen LogP contribution in [-0.4, -0.2) is 55.2 Å². The van der Waals surface area contributed by atoms with Crippen LogP contribution in [0.25, 0.3) is 10.1 Å². The lowest BCUT2D eigenvalue weighted by atomic mass is 10.2. The third-order valence-corrected chi connectivity index (χ3v) is 6.09. The van der Waals surface area contributed by atoms with Crippen LogP contribution in [0.5, 0.6) is 0 Å². The highest BCUT2D eigenvalue weighted by Crippen LogP contribution is 2.29. The molecule has 1 saturated heterocycles. The first kappa shape index (κ1) is 18.2. The van der Waals surface area contributed by atoms with E-state index in [-0.39, 0.29) is 0 Å². The lowest BCUT2D eigenvalue weighted by Crippen LogP contribution is -2.45. The fourth-order valence-electron chi connectivity index (χ4n) is 3.44. The highest BCUT2D eigenvalue weighted by atomic mass is 32.1. The minimum Gasteiger partial charge on any atom is -0.386 e. The van der Waals surface area contributed by atoms with E-state index in [1.165, 1.54) is 29.5 Å². The van der Waals surface area contributed by atoms with Gasteiger partial charge in [0.1, 0.15) is 6.10 Å². The van der Waals surface area contributed by atoms with Gasteiger partial charge in [-0.3, -0.25) is 9.89 Å². The quantitative estimate of drug-likeness (QED) is 0.547. The second-order valence-corrected chi connectivity index (χ2v) is 7.58. The molecule has 0 radical (unpaired) electrons. The minimum atomic E-state index is -0.533. The molecule has 0 saturated carbocycles. The Bertz CT molecular complexity index is 681. The molecule has 3 N–H and O–H groups in total. The molecule has 1 aromatic carbocycles. The number of guanidine groups is 1. The number of aliphatic hydroxyl groups is 1. The Hall–Kier alpha value is -1.63. The van der Waals surface area contributed by atoms with Gasteiger partial charge in [-0.1, -0.05) is 25.1 Å². The molecule has 1 aliphatic heterocycles. The molecule has 3 rings (SSSR count). The van der Waals surface area contributed by atoms with E-state index in [1.807, 2.05) is 12.1 Å². The first-order chi connectivity index (χ1) is 12.2. The van der Waals surface area contributed by atoms with Gasteiger partial charge in [0.2, 0.25) is 0 Å². The maximum Gasteiger partial charge on any atom is 0.191 e. The van der Waals surface area contributed by atoms with Crippen molar-refractivity contribution in [1.29, 1.82) is 0 Å². The van der Waals surface area contributed by atoms with Crippen LogP contribution in [0.3, 0.4) is 0 Å². The lowest BCUT2D eigenvalue weighted by molar-refractivity contribution is 0.184. The maximum absolute atomic E-state index is 10.5. The largest absolute Gasteiger partial charge is 0.386 e. The number of nitrogens with one attached hydrogen (secondary N) is 2. The number of aliphatic imine (C=N–C) groups is 1. The summed E-state index contributed by atoms with van der Waals surface area (Å²) < 4.78 is 1.21. The molecule has 2 aromatic rings.